The zero-order chi connectivity index (χ0) is 16.3. The van der Waals surface area contributed by atoms with Crippen molar-refractivity contribution in [2.24, 2.45) is 0 Å². The average molecular weight is 322 g/mol. The van der Waals surface area contributed by atoms with E-state index >= 15 is 0 Å². The fourth-order valence-corrected chi connectivity index (χ4v) is 4.52. The second-order valence-corrected chi connectivity index (χ2v) is 7.69. The summed E-state index contributed by atoms with van der Waals surface area (Å²) in [5, 5.41) is 13.4. The third kappa shape index (κ3) is 4.06. The fraction of sp³-hybridized carbons (Fsp3) is 0.889. The van der Waals surface area contributed by atoms with E-state index in [-0.39, 0.29) is 24.3 Å². The first-order chi connectivity index (χ1) is 11.1. The van der Waals surface area contributed by atoms with Gasteiger partial charge in [0.2, 0.25) is 11.8 Å². The van der Waals surface area contributed by atoms with Crippen LogP contribution in [-0.4, -0.2) is 46.1 Å². The van der Waals surface area contributed by atoms with E-state index < -0.39 is 5.60 Å². The molecule has 0 aromatic carbocycles. The lowest BCUT2D eigenvalue weighted by molar-refractivity contribution is -0.136. The number of amides is 2. The largest absolute Gasteiger partial charge is 0.389 e. The standard InChI is InChI=1S/C18H30N2O3/c21-16(13-18(23)10-5-2-6-11-18)19-15-9-12-20(17(15)22)14-7-3-1-4-8-14/h14-15,23H,1-13H2,(H,19,21)/t15-/m0/s1. The predicted molar refractivity (Wildman–Crippen MR) is 87.8 cm³/mol. The first kappa shape index (κ1) is 16.7. The molecule has 0 bridgehead atoms. The normalized spacial score (nSPS) is 28.8. The van der Waals surface area contributed by atoms with Gasteiger partial charge in [0.25, 0.3) is 0 Å². The second-order valence-electron chi connectivity index (χ2n) is 7.69. The predicted octanol–water partition coefficient (Wildman–Crippen LogP) is 2.12. The maximum atomic E-state index is 12.6. The van der Waals surface area contributed by atoms with Crippen LogP contribution >= 0.6 is 0 Å². The summed E-state index contributed by atoms with van der Waals surface area (Å²) in [7, 11) is 0. The SMILES string of the molecule is O=C(CC1(O)CCCCC1)N[C@H]1CCN(C2CCCCC2)C1=O. The topological polar surface area (TPSA) is 69.6 Å². The Bertz CT molecular complexity index is 440. The highest BCUT2D eigenvalue weighted by atomic mass is 16.3. The van der Waals surface area contributed by atoms with Gasteiger partial charge >= 0.3 is 0 Å². The molecule has 3 fully saturated rings. The molecule has 2 amide bonds. The van der Waals surface area contributed by atoms with E-state index in [1.165, 1.54) is 19.3 Å². The van der Waals surface area contributed by atoms with Crippen LogP contribution in [0.1, 0.15) is 77.0 Å². The van der Waals surface area contributed by atoms with E-state index in [4.69, 9.17) is 0 Å². The van der Waals surface area contributed by atoms with Gasteiger partial charge in [-0.25, -0.2) is 0 Å². The van der Waals surface area contributed by atoms with Gasteiger partial charge in [0.05, 0.1) is 12.0 Å². The van der Waals surface area contributed by atoms with Crippen molar-refractivity contribution in [1.29, 1.82) is 0 Å². The number of hydrogen-bond acceptors (Lipinski definition) is 3. The molecule has 1 aliphatic heterocycles. The quantitative estimate of drug-likeness (QED) is 0.833. The molecule has 0 spiro atoms. The minimum atomic E-state index is -0.854. The van der Waals surface area contributed by atoms with Crippen molar-refractivity contribution in [1.82, 2.24) is 10.2 Å². The maximum Gasteiger partial charge on any atom is 0.245 e. The van der Waals surface area contributed by atoms with Crippen molar-refractivity contribution in [2.75, 3.05) is 6.54 Å². The van der Waals surface area contributed by atoms with E-state index in [1.54, 1.807) is 0 Å². The van der Waals surface area contributed by atoms with E-state index in [1.807, 2.05) is 4.90 Å². The molecule has 3 aliphatic rings. The van der Waals surface area contributed by atoms with Gasteiger partial charge in [-0.1, -0.05) is 38.5 Å². The van der Waals surface area contributed by atoms with Crippen molar-refractivity contribution < 1.29 is 14.7 Å². The molecule has 1 saturated heterocycles. The van der Waals surface area contributed by atoms with Crippen LogP contribution in [0.5, 0.6) is 0 Å². The molecule has 1 atom stereocenters. The second kappa shape index (κ2) is 7.20. The number of hydrogen-bond donors (Lipinski definition) is 2. The van der Waals surface area contributed by atoms with Gasteiger partial charge in [0, 0.05) is 12.6 Å². The van der Waals surface area contributed by atoms with Gasteiger partial charge in [0.1, 0.15) is 6.04 Å². The highest BCUT2D eigenvalue weighted by molar-refractivity contribution is 5.89. The summed E-state index contributed by atoms with van der Waals surface area (Å²) < 4.78 is 0. The smallest absolute Gasteiger partial charge is 0.245 e. The summed E-state index contributed by atoms with van der Waals surface area (Å²) >= 11 is 0. The van der Waals surface area contributed by atoms with E-state index in [2.05, 4.69) is 5.32 Å². The Morgan fingerprint density at radius 3 is 2.43 bits per heavy atom. The van der Waals surface area contributed by atoms with Crippen LogP contribution in [0.3, 0.4) is 0 Å². The molecule has 1 heterocycles. The molecule has 2 saturated carbocycles. The molecule has 0 aromatic rings. The Morgan fingerprint density at radius 1 is 1.09 bits per heavy atom. The lowest BCUT2D eigenvalue weighted by atomic mass is 9.82. The number of likely N-dealkylation sites (tertiary alicyclic amines) is 1. The molecule has 2 aliphatic carbocycles. The summed E-state index contributed by atoms with van der Waals surface area (Å²) in [4.78, 5) is 26.8. The van der Waals surface area contributed by atoms with Crippen LogP contribution in [0.2, 0.25) is 0 Å². The molecule has 130 valence electrons. The van der Waals surface area contributed by atoms with Gasteiger partial charge in [-0.2, -0.15) is 0 Å². The van der Waals surface area contributed by atoms with E-state index in [0.717, 1.165) is 38.6 Å². The average Bonchev–Trinajstić information content (AvgIpc) is 2.89. The minimum absolute atomic E-state index is 0.0842. The number of rotatable bonds is 4. The van der Waals surface area contributed by atoms with Crippen molar-refractivity contribution in [3.8, 4) is 0 Å². The van der Waals surface area contributed by atoms with Gasteiger partial charge in [-0.3, -0.25) is 9.59 Å². The molecule has 0 unspecified atom stereocenters. The number of nitrogens with one attached hydrogen (secondary N) is 1. The molecule has 23 heavy (non-hydrogen) atoms. The summed E-state index contributed by atoms with van der Waals surface area (Å²) in [6, 6.07) is -0.00250. The minimum Gasteiger partial charge on any atom is -0.389 e. The maximum absolute atomic E-state index is 12.6. The Balaban J connectivity index is 1.50. The van der Waals surface area contributed by atoms with Crippen molar-refractivity contribution in [3.05, 3.63) is 0 Å². The number of aliphatic hydroxyl groups is 1. The first-order valence-electron chi connectivity index (χ1n) is 9.40. The van der Waals surface area contributed by atoms with E-state index in [0.29, 0.717) is 25.3 Å². The van der Waals surface area contributed by atoms with Crippen molar-refractivity contribution >= 4 is 11.8 Å². The van der Waals surface area contributed by atoms with Gasteiger partial charge in [-0.05, 0) is 32.1 Å². The Labute approximate surface area is 138 Å². The van der Waals surface area contributed by atoms with Crippen LogP contribution < -0.4 is 5.32 Å². The lowest BCUT2D eigenvalue weighted by Crippen LogP contribution is -2.47. The van der Waals surface area contributed by atoms with E-state index in [9.17, 15) is 14.7 Å². The number of carbonyl (C=O) groups is 2. The van der Waals surface area contributed by atoms with Crippen LogP contribution in [0.4, 0.5) is 0 Å². The highest BCUT2D eigenvalue weighted by Crippen LogP contribution is 2.31. The summed E-state index contributed by atoms with van der Waals surface area (Å²) in [6.07, 6.45) is 11.3. The Morgan fingerprint density at radius 2 is 1.74 bits per heavy atom. The van der Waals surface area contributed by atoms with Crippen LogP contribution in [0.25, 0.3) is 0 Å². The molecule has 5 nitrogen and oxygen atoms in total. The zero-order valence-electron chi connectivity index (χ0n) is 14.1. The fourth-order valence-electron chi connectivity index (χ4n) is 4.52. The van der Waals surface area contributed by atoms with Crippen LogP contribution in [0.15, 0.2) is 0 Å². The van der Waals surface area contributed by atoms with Crippen molar-refractivity contribution in [2.45, 2.75) is 94.7 Å². The monoisotopic (exact) mass is 322 g/mol. The van der Waals surface area contributed by atoms with Crippen LogP contribution in [-0.2, 0) is 9.59 Å². The molecule has 0 aromatic heterocycles. The van der Waals surface area contributed by atoms with Crippen molar-refractivity contribution in [3.63, 3.8) is 0 Å². The summed E-state index contributed by atoms with van der Waals surface area (Å²) in [6.45, 7) is 0.763. The Hall–Kier alpha value is -1.10. The third-order valence-electron chi connectivity index (χ3n) is 5.86. The summed E-state index contributed by atoms with van der Waals surface area (Å²) in [5.74, 6) is -0.0841. The molecule has 5 heteroatoms. The molecule has 3 rings (SSSR count). The number of carbonyl (C=O) groups excluding carboxylic acids is 2. The Kier molecular flexibility index (Phi) is 5.24. The first-order valence-corrected chi connectivity index (χ1v) is 9.40. The highest BCUT2D eigenvalue weighted by Gasteiger charge is 2.38. The third-order valence-corrected chi connectivity index (χ3v) is 5.86. The zero-order valence-corrected chi connectivity index (χ0v) is 14.1. The molecule has 2 N–H and O–H groups in total. The van der Waals surface area contributed by atoms with Gasteiger partial charge in [0.15, 0.2) is 0 Å². The molecular weight excluding hydrogens is 292 g/mol. The molecule has 0 radical (unpaired) electrons. The molecular formula is C18H30N2O3. The number of nitrogens with zero attached hydrogens (tertiary/aromatic N) is 1. The lowest BCUT2D eigenvalue weighted by Gasteiger charge is -2.32. The van der Waals surface area contributed by atoms with Gasteiger partial charge in [-0.15, -0.1) is 0 Å². The van der Waals surface area contributed by atoms with Crippen LogP contribution in [0, 0.1) is 0 Å². The van der Waals surface area contributed by atoms with Gasteiger partial charge < -0.3 is 15.3 Å². The summed E-state index contributed by atoms with van der Waals surface area (Å²) in [5.41, 5.74) is -0.854.